The van der Waals surface area contributed by atoms with Crippen LogP contribution in [0.1, 0.15) is 19.3 Å². The van der Waals surface area contributed by atoms with Crippen molar-refractivity contribution in [1.29, 1.82) is 0 Å². The number of hydrogen-bond acceptors (Lipinski definition) is 10. The van der Waals surface area contributed by atoms with E-state index in [0.29, 0.717) is 0 Å². The number of rotatable bonds is 10. The van der Waals surface area contributed by atoms with Crippen molar-refractivity contribution >= 4 is 24.1 Å². The first-order valence-electron chi connectivity index (χ1n) is 7.29. The predicted molar refractivity (Wildman–Crippen MR) is 76.4 cm³/mol. The summed E-state index contributed by atoms with van der Waals surface area (Å²) in [5.41, 5.74) is 0. The van der Waals surface area contributed by atoms with E-state index in [-0.39, 0.29) is 39.0 Å². The Morgan fingerprint density at radius 1 is 1.17 bits per heavy atom. The van der Waals surface area contributed by atoms with Gasteiger partial charge in [-0.1, -0.05) is 0 Å². The molecule has 0 amide bonds. The zero-order chi connectivity index (χ0) is 17.8. The van der Waals surface area contributed by atoms with Gasteiger partial charge in [-0.05, 0) is 0 Å². The van der Waals surface area contributed by atoms with Crippen LogP contribution in [-0.2, 0) is 33.4 Å². The molecule has 1 rings (SSSR count). The van der Waals surface area contributed by atoms with Gasteiger partial charge in [-0.3, -0.25) is 9.59 Å². The fourth-order valence-corrected chi connectivity index (χ4v) is 2.06. The summed E-state index contributed by atoms with van der Waals surface area (Å²) >= 11 is 0. The molecule has 3 atom stereocenters. The third-order valence-electron chi connectivity index (χ3n) is 3.15. The second kappa shape index (κ2) is 11.2. The smallest absolute Gasteiger partial charge is 0.308 e. The van der Waals surface area contributed by atoms with E-state index < -0.39 is 36.9 Å². The Morgan fingerprint density at radius 2 is 1.79 bits per heavy atom. The van der Waals surface area contributed by atoms with E-state index in [1.54, 1.807) is 0 Å². The number of carbonyl (C=O) groups excluding carboxylic acids is 4. The molecule has 0 aromatic rings. The molecule has 0 bridgehead atoms. The lowest BCUT2D eigenvalue weighted by atomic mass is 10.1. The summed E-state index contributed by atoms with van der Waals surface area (Å²) in [6, 6.07) is 0. The van der Waals surface area contributed by atoms with Crippen LogP contribution in [0, 0.1) is 0 Å². The quantitative estimate of drug-likeness (QED) is 0.304. The van der Waals surface area contributed by atoms with Crippen molar-refractivity contribution in [3.8, 4) is 0 Å². The van der Waals surface area contributed by atoms with Crippen molar-refractivity contribution in [3.63, 3.8) is 0 Å². The van der Waals surface area contributed by atoms with E-state index in [2.05, 4.69) is 9.98 Å². The van der Waals surface area contributed by atoms with Crippen LogP contribution in [0.2, 0.25) is 0 Å². The number of isocyanates is 2. The number of ether oxygens (including phenoxy) is 3. The van der Waals surface area contributed by atoms with Gasteiger partial charge in [-0.25, -0.2) is 19.6 Å². The van der Waals surface area contributed by atoms with Crippen LogP contribution in [-0.4, -0.2) is 73.8 Å². The molecule has 24 heavy (non-hydrogen) atoms. The normalized spacial score (nSPS) is 20.4. The minimum absolute atomic E-state index is 0.000509. The molecular weight excluding hydrogens is 324 g/mol. The Balaban J connectivity index is 2.38. The fourth-order valence-electron chi connectivity index (χ4n) is 2.06. The molecule has 1 aliphatic heterocycles. The van der Waals surface area contributed by atoms with E-state index in [4.69, 9.17) is 14.2 Å². The zero-order valence-electron chi connectivity index (χ0n) is 12.9. The molecular formula is C14H18N2O8. The summed E-state index contributed by atoms with van der Waals surface area (Å²) in [4.78, 5) is 49.3. The maximum Gasteiger partial charge on any atom is 0.308 e. The highest BCUT2D eigenvalue weighted by atomic mass is 16.6. The van der Waals surface area contributed by atoms with E-state index in [1.807, 2.05) is 0 Å². The maximum absolute atomic E-state index is 11.5. The number of aliphatic hydroxyl groups is 1. The molecule has 0 aromatic heterocycles. The summed E-state index contributed by atoms with van der Waals surface area (Å²) in [7, 11) is 0. The molecule has 0 radical (unpaired) electrons. The monoisotopic (exact) mass is 342 g/mol. The molecule has 10 nitrogen and oxygen atoms in total. The third kappa shape index (κ3) is 7.26. The highest BCUT2D eigenvalue weighted by Crippen LogP contribution is 2.21. The minimum Gasteiger partial charge on any atom is -0.460 e. The Morgan fingerprint density at radius 3 is 2.38 bits per heavy atom. The summed E-state index contributed by atoms with van der Waals surface area (Å²) in [5.74, 6) is -1.17. The molecule has 0 spiro atoms. The average molecular weight is 342 g/mol. The van der Waals surface area contributed by atoms with Crippen molar-refractivity contribution in [2.24, 2.45) is 9.98 Å². The largest absolute Gasteiger partial charge is 0.460 e. The second-order valence-electron chi connectivity index (χ2n) is 4.88. The van der Waals surface area contributed by atoms with E-state index in [0.717, 1.165) is 0 Å². The minimum atomic E-state index is -0.902. The highest BCUT2D eigenvalue weighted by molar-refractivity contribution is 5.70. The van der Waals surface area contributed by atoms with Gasteiger partial charge in [0.25, 0.3) is 0 Å². The number of nitrogens with zero attached hydrogens (tertiary/aromatic N) is 2. The molecule has 10 heteroatoms. The molecule has 0 aromatic carbocycles. The molecule has 132 valence electrons. The predicted octanol–water partition coefficient (Wildman–Crippen LogP) is -0.957. The lowest BCUT2D eigenvalue weighted by molar-refractivity contribution is -0.158. The van der Waals surface area contributed by atoms with Gasteiger partial charge in [0.2, 0.25) is 12.2 Å². The first-order valence-corrected chi connectivity index (χ1v) is 7.29. The first kappa shape index (κ1) is 19.7. The topological polar surface area (TPSA) is 141 Å². The Kier molecular flexibility index (Phi) is 9.18. The van der Waals surface area contributed by atoms with Gasteiger partial charge in [-0.2, -0.15) is 0 Å². The molecule has 1 heterocycles. The molecule has 1 N–H and O–H groups in total. The van der Waals surface area contributed by atoms with Gasteiger partial charge >= 0.3 is 11.9 Å². The number of aliphatic imine (C=N–C) groups is 2. The van der Waals surface area contributed by atoms with E-state index in [9.17, 15) is 24.3 Å². The van der Waals surface area contributed by atoms with Crippen LogP contribution < -0.4 is 0 Å². The van der Waals surface area contributed by atoms with Crippen molar-refractivity contribution in [1.82, 2.24) is 0 Å². The molecule has 1 fully saturated rings. The van der Waals surface area contributed by atoms with Crippen LogP contribution in [0.3, 0.4) is 0 Å². The summed E-state index contributed by atoms with van der Waals surface area (Å²) in [6.07, 6.45) is 0.671. The van der Waals surface area contributed by atoms with E-state index in [1.165, 1.54) is 12.2 Å². The first-order chi connectivity index (χ1) is 11.6. The van der Waals surface area contributed by atoms with Crippen molar-refractivity contribution in [2.45, 2.75) is 37.6 Å². The van der Waals surface area contributed by atoms with Gasteiger partial charge in [-0.15, -0.1) is 0 Å². The van der Waals surface area contributed by atoms with Gasteiger partial charge in [0, 0.05) is 6.42 Å². The van der Waals surface area contributed by atoms with Gasteiger partial charge < -0.3 is 19.3 Å². The van der Waals surface area contributed by atoms with Gasteiger partial charge in [0.15, 0.2) is 6.10 Å². The number of carbonyl (C=O) groups is 2. The Hall–Kier alpha value is -2.38. The zero-order valence-corrected chi connectivity index (χ0v) is 12.9. The molecule has 0 aliphatic carbocycles. The lowest BCUT2D eigenvalue weighted by Gasteiger charge is -2.20. The van der Waals surface area contributed by atoms with Crippen LogP contribution in [0.4, 0.5) is 0 Å². The van der Waals surface area contributed by atoms with Crippen LogP contribution in [0.5, 0.6) is 0 Å². The highest BCUT2D eigenvalue weighted by Gasteiger charge is 2.35. The SMILES string of the molecule is O=C=NCCC(=O)OC1COC(C(CO)OC(=O)CCN=C=O)C1. The Bertz CT molecular complexity index is 525. The number of hydrogen-bond donors (Lipinski definition) is 1. The Labute approximate surface area is 137 Å². The van der Waals surface area contributed by atoms with Crippen molar-refractivity contribution in [2.75, 3.05) is 26.3 Å². The summed E-state index contributed by atoms with van der Waals surface area (Å²) < 4.78 is 15.6. The van der Waals surface area contributed by atoms with Crippen LogP contribution >= 0.6 is 0 Å². The molecule has 3 unspecified atom stereocenters. The van der Waals surface area contributed by atoms with Crippen LogP contribution in [0.25, 0.3) is 0 Å². The lowest BCUT2D eigenvalue weighted by Crippen LogP contribution is -2.34. The average Bonchev–Trinajstić information content (AvgIpc) is 3.01. The third-order valence-corrected chi connectivity index (χ3v) is 3.15. The second-order valence-corrected chi connectivity index (χ2v) is 4.88. The van der Waals surface area contributed by atoms with Crippen molar-refractivity contribution < 1.29 is 38.5 Å². The fraction of sp³-hybridized carbons (Fsp3) is 0.714. The van der Waals surface area contributed by atoms with E-state index >= 15 is 0 Å². The molecule has 1 aliphatic rings. The summed E-state index contributed by atoms with van der Waals surface area (Å²) in [6.45, 7) is -0.395. The summed E-state index contributed by atoms with van der Waals surface area (Å²) in [5, 5.41) is 9.32. The number of esters is 2. The maximum atomic E-state index is 11.5. The molecule has 0 saturated carbocycles. The number of aliphatic hydroxyl groups excluding tert-OH is 1. The van der Waals surface area contributed by atoms with Crippen LogP contribution in [0.15, 0.2) is 9.98 Å². The van der Waals surface area contributed by atoms with Gasteiger partial charge in [0.05, 0.1) is 39.1 Å². The van der Waals surface area contributed by atoms with Crippen molar-refractivity contribution in [3.05, 3.63) is 0 Å². The standard InChI is InChI=1S/C14H18N2O8/c17-6-12(24-14(21)2-4-16-9-19)11-5-10(7-22-11)23-13(20)1-3-15-8-18/h10-12,17H,1-7H2. The molecule has 1 saturated heterocycles. The van der Waals surface area contributed by atoms with Gasteiger partial charge in [0.1, 0.15) is 12.2 Å².